The van der Waals surface area contributed by atoms with Crippen LogP contribution in [-0.4, -0.2) is 5.97 Å². The van der Waals surface area contributed by atoms with E-state index in [1.54, 1.807) is 69.3 Å². The highest BCUT2D eigenvalue weighted by Crippen LogP contribution is 2.46. The van der Waals surface area contributed by atoms with Gasteiger partial charge in [-0.2, -0.15) is 0 Å². The van der Waals surface area contributed by atoms with Gasteiger partial charge in [0.1, 0.15) is 0 Å². The van der Waals surface area contributed by atoms with Crippen molar-refractivity contribution in [3.8, 4) is 0 Å². The molecule has 3 nitrogen and oxygen atoms in total. The van der Waals surface area contributed by atoms with Gasteiger partial charge in [0.2, 0.25) is 0 Å². The summed E-state index contributed by atoms with van der Waals surface area (Å²) in [7, 11) is -3.43. The van der Waals surface area contributed by atoms with E-state index in [1.165, 1.54) is 0 Å². The lowest BCUT2D eigenvalue weighted by atomic mass is 9.98. The Balaban J connectivity index is 2.51. The topological polar surface area (TPSA) is 43.4 Å². The van der Waals surface area contributed by atoms with E-state index in [0.29, 0.717) is 10.6 Å². The summed E-state index contributed by atoms with van der Waals surface area (Å²) in [4.78, 5) is 12.2. The molecule has 21 heavy (non-hydrogen) atoms. The third kappa shape index (κ3) is 3.43. The van der Waals surface area contributed by atoms with Crippen molar-refractivity contribution in [3.05, 3.63) is 60.7 Å². The van der Waals surface area contributed by atoms with Crippen molar-refractivity contribution in [3.63, 3.8) is 0 Å². The second kappa shape index (κ2) is 5.87. The van der Waals surface area contributed by atoms with E-state index < -0.39 is 18.8 Å². The molecule has 0 fully saturated rings. The predicted octanol–water partition coefficient (Wildman–Crippen LogP) is 3.50. The fourth-order valence-electron chi connectivity index (χ4n) is 1.76. The van der Waals surface area contributed by atoms with Crippen LogP contribution in [0.5, 0.6) is 0 Å². The number of benzene rings is 2. The van der Waals surface area contributed by atoms with Crippen LogP contribution in [0.25, 0.3) is 0 Å². The second-order valence-electron chi connectivity index (χ2n) is 5.85. The summed E-state index contributed by atoms with van der Waals surface area (Å²) in [6, 6.07) is 17.7. The maximum atomic E-state index is 13.4. The molecular formula is C17H19O3P. The lowest BCUT2D eigenvalue weighted by Gasteiger charge is -2.24. The van der Waals surface area contributed by atoms with Crippen molar-refractivity contribution < 1.29 is 13.9 Å². The number of carbonyl (C=O) groups excluding carboxylic acids is 1. The molecule has 0 N–H and O–H groups in total. The summed E-state index contributed by atoms with van der Waals surface area (Å²) in [5.41, 5.74) is -0.709. The first-order valence-electron chi connectivity index (χ1n) is 6.79. The molecule has 0 unspecified atom stereocenters. The second-order valence-corrected chi connectivity index (χ2v) is 8.17. The molecule has 0 aliphatic carbocycles. The summed E-state index contributed by atoms with van der Waals surface area (Å²) in [6.45, 7) is 5.24. The van der Waals surface area contributed by atoms with Gasteiger partial charge in [-0.1, -0.05) is 36.4 Å². The van der Waals surface area contributed by atoms with Crippen molar-refractivity contribution in [1.29, 1.82) is 0 Å². The molecule has 0 aromatic heterocycles. The number of rotatable bonds is 3. The molecule has 0 atom stereocenters. The zero-order valence-corrected chi connectivity index (χ0v) is 13.3. The molecule has 0 bridgehead atoms. The van der Waals surface area contributed by atoms with Gasteiger partial charge in [-0.05, 0) is 45.0 Å². The number of hydrogen-bond acceptors (Lipinski definition) is 3. The minimum Gasteiger partial charge on any atom is -0.404 e. The Morgan fingerprint density at radius 3 is 1.57 bits per heavy atom. The summed E-state index contributed by atoms with van der Waals surface area (Å²) in [5.74, 6) is -0.474. The van der Waals surface area contributed by atoms with Crippen LogP contribution in [0.3, 0.4) is 0 Å². The third-order valence-corrected chi connectivity index (χ3v) is 5.39. The van der Waals surface area contributed by atoms with Crippen LogP contribution in [0, 0.1) is 5.41 Å². The molecule has 2 rings (SSSR count). The first-order valence-corrected chi connectivity index (χ1v) is 8.42. The Labute approximate surface area is 125 Å². The van der Waals surface area contributed by atoms with E-state index in [4.69, 9.17) is 4.52 Å². The molecule has 0 aliphatic rings. The standard InChI is InChI=1S/C17H19O3P/c1-17(2,3)16(18)20-21(19,14-10-6-4-7-11-14)15-12-8-5-9-13-15/h4-13H,1-3H3. The molecule has 2 aromatic rings. The van der Waals surface area contributed by atoms with Gasteiger partial charge in [-0.25, -0.2) is 0 Å². The maximum Gasteiger partial charge on any atom is 0.316 e. The maximum absolute atomic E-state index is 13.4. The molecule has 0 saturated heterocycles. The monoisotopic (exact) mass is 302 g/mol. The molecule has 0 saturated carbocycles. The van der Waals surface area contributed by atoms with Crippen molar-refractivity contribution in [2.45, 2.75) is 20.8 Å². The van der Waals surface area contributed by atoms with Gasteiger partial charge < -0.3 is 4.52 Å². The van der Waals surface area contributed by atoms with Crippen LogP contribution in [-0.2, 0) is 13.9 Å². The average Bonchev–Trinajstić information content (AvgIpc) is 2.48. The minimum absolute atomic E-state index is 0.474. The molecule has 2 aromatic carbocycles. The van der Waals surface area contributed by atoms with Gasteiger partial charge in [0.15, 0.2) is 0 Å². The van der Waals surface area contributed by atoms with Gasteiger partial charge in [0.25, 0.3) is 0 Å². The molecule has 0 aliphatic heterocycles. The van der Waals surface area contributed by atoms with E-state index >= 15 is 0 Å². The highest BCUT2D eigenvalue weighted by atomic mass is 31.2. The Morgan fingerprint density at radius 2 is 1.24 bits per heavy atom. The van der Waals surface area contributed by atoms with Crippen LogP contribution < -0.4 is 10.6 Å². The van der Waals surface area contributed by atoms with E-state index in [2.05, 4.69) is 0 Å². The van der Waals surface area contributed by atoms with Gasteiger partial charge in [0.05, 0.1) is 16.0 Å². The fraction of sp³-hybridized carbons (Fsp3) is 0.235. The van der Waals surface area contributed by atoms with Crippen molar-refractivity contribution >= 4 is 23.9 Å². The van der Waals surface area contributed by atoms with Gasteiger partial charge >= 0.3 is 13.3 Å². The normalized spacial score (nSPS) is 12.0. The highest BCUT2D eigenvalue weighted by Gasteiger charge is 2.36. The van der Waals surface area contributed by atoms with Gasteiger partial charge in [0, 0.05) is 0 Å². The van der Waals surface area contributed by atoms with Crippen LogP contribution >= 0.6 is 7.37 Å². The van der Waals surface area contributed by atoms with Crippen molar-refractivity contribution in [1.82, 2.24) is 0 Å². The fourth-order valence-corrected chi connectivity index (χ4v) is 3.90. The zero-order chi connectivity index (χ0) is 15.5. The van der Waals surface area contributed by atoms with E-state index in [0.717, 1.165) is 0 Å². The van der Waals surface area contributed by atoms with E-state index in [1.807, 2.05) is 12.1 Å². The van der Waals surface area contributed by atoms with E-state index in [-0.39, 0.29) is 0 Å². The average molecular weight is 302 g/mol. The summed E-state index contributed by atoms with van der Waals surface area (Å²) in [6.07, 6.45) is 0. The van der Waals surface area contributed by atoms with Crippen LogP contribution in [0.2, 0.25) is 0 Å². The zero-order valence-electron chi connectivity index (χ0n) is 12.4. The summed E-state index contributed by atoms with van der Waals surface area (Å²) < 4.78 is 18.9. The predicted molar refractivity (Wildman–Crippen MR) is 85.3 cm³/mol. The SMILES string of the molecule is CC(C)(C)C(=O)OP(=O)(c1ccccc1)c1ccccc1. The lowest BCUT2D eigenvalue weighted by Crippen LogP contribution is -2.27. The number of hydrogen-bond donors (Lipinski definition) is 0. The Kier molecular flexibility index (Phi) is 4.34. The third-order valence-electron chi connectivity index (χ3n) is 3.02. The Bertz CT molecular complexity index is 614. The van der Waals surface area contributed by atoms with Gasteiger partial charge in [-0.3, -0.25) is 9.36 Å². The molecule has 0 radical (unpaired) electrons. The quantitative estimate of drug-likeness (QED) is 0.815. The van der Waals surface area contributed by atoms with Crippen molar-refractivity contribution in [2.24, 2.45) is 5.41 Å². The van der Waals surface area contributed by atoms with E-state index in [9.17, 15) is 9.36 Å². The van der Waals surface area contributed by atoms with Crippen LogP contribution in [0.1, 0.15) is 20.8 Å². The Hall–Kier alpha value is -1.86. The molecule has 0 amide bonds. The highest BCUT2D eigenvalue weighted by molar-refractivity contribution is 7.74. The summed E-state index contributed by atoms with van der Waals surface area (Å²) in [5, 5.41) is 1.04. The first kappa shape index (κ1) is 15.5. The first-order chi connectivity index (χ1) is 9.84. The number of carbonyl (C=O) groups is 1. The summed E-state index contributed by atoms with van der Waals surface area (Å²) >= 11 is 0. The largest absolute Gasteiger partial charge is 0.404 e. The van der Waals surface area contributed by atoms with Crippen LogP contribution in [0.4, 0.5) is 0 Å². The van der Waals surface area contributed by atoms with Crippen LogP contribution in [0.15, 0.2) is 60.7 Å². The smallest absolute Gasteiger partial charge is 0.316 e. The molecule has 0 spiro atoms. The minimum atomic E-state index is -3.43. The van der Waals surface area contributed by atoms with Gasteiger partial charge in [-0.15, -0.1) is 0 Å². The molecular weight excluding hydrogens is 283 g/mol. The van der Waals surface area contributed by atoms with Crippen molar-refractivity contribution in [2.75, 3.05) is 0 Å². The molecule has 110 valence electrons. The Morgan fingerprint density at radius 1 is 0.857 bits per heavy atom. The lowest BCUT2D eigenvalue weighted by molar-refractivity contribution is -0.142. The molecule has 0 heterocycles. The molecule has 4 heteroatoms.